The molecular weight excluding hydrogens is 206 g/mol. The molecule has 0 bridgehead atoms. The van der Waals surface area contributed by atoms with Crippen LogP contribution in [0.1, 0.15) is 27.7 Å². The Bertz CT molecular complexity index is 169. The van der Waals surface area contributed by atoms with E-state index in [2.05, 4.69) is 32.6 Å². The lowest BCUT2D eigenvalue weighted by Gasteiger charge is -2.38. The average molecular weight is 233 g/mol. The molecule has 0 spiro atoms. The van der Waals surface area contributed by atoms with E-state index in [1.165, 1.54) is 0 Å². The highest BCUT2D eigenvalue weighted by Crippen LogP contribution is 2.14. The van der Waals surface area contributed by atoms with E-state index in [-0.39, 0.29) is 13.2 Å². The Morgan fingerprint density at radius 3 is 1.62 bits per heavy atom. The maximum absolute atomic E-state index is 10.4. The smallest absolute Gasteiger partial charge is 0.124 e. The summed E-state index contributed by atoms with van der Waals surface area (Å²) >= 11 is 0. The van der Waals surface area contributed by atoms with Crippen LogP contribution in [0.25, 0.3) is 0 Å². The first-order valence-electron chi connectivity index (χ1n) is 5.82. The third-order valence-corrected chi connectivity index (χ3v) is 2.63. The van der Waals surface area contributed by atoms with Gasteiger partial charge in [-0.3, -0.25) is 4.90 Å². The summed E-state index contributed by atoms with van der Waals surface area (Å²) in [6.45, 7) is 9.64. The predicted molar refractivity (Wildman–Crippen MR) is 65.7 cm³/mol. The molecule has 0 aromatic rings. The third-order valence-electron chi connectivity index (χ3n) is 2.63. The zero-order valence-electron chi connectivity index (χ0n) is 11.5. The van der Waals surface area contributed by atoms with Gasteiger partial charge in [0.05, 0.1) is 13.2 Å². The maximum Gasteiger partial charge on any atom is 0.124 e. The lowest BCUT2D eigenvalue weighted by Crippen LogP contribution is -2.53. The molecule has 0 unspecified atom stereocenters. The van der Waals surface area contributed by atoms with Gasteiger partial charge in [-0.25, -0.2) is 0 Å². The second kappa shape index (κ2) is 7.22. The van der Waals surface area contributed by atoms with Crippen LogP contribution in [0.3, 0.4) is 0 Å². The maximum atomic E-state index is 10.4. The molecule has 0 aromatic carbocycles. The highest BCUT2D eigenvalue weighted by molar-refractivity contribution is 4.84. The summed E-state index contributed by atoms with van der Waals surface area (Å²) in [4.78, 5) is 2.23. The fourth-order valence-electron chi connectivity index (χ4n) is 1.97. The molecule has 0 radical (unpaired) electrons. The monoisotopic (exact) mass is 233 g/mol. The van der Waals surface area contributed by atoms with Gasteiger partial charge in [0.25, 0.3) is 0 Å². The minimum atomic E-state index is -0.932. The van der Waals surface area contributed by atoms with E-state index in [0.29, 0.717) is 18.6 Å². The molecule has 0 atom stereocenters. The molecular formula is C12H27NO3. The molecule has 0 amide bonds. The predicted octanol–water partition coefficient (Wildman–Crippen LogP) is 1.13. The molecule has 0 aliphatic rings. The number of nitrogens with zero attached hydrogens (tertiary/aromatic N) is 1. The van der Waals surface area contributed by atoms with Crippen molar-refractivity contribution in [2.24, 2.45) is 0 Å². The zero-order chi connectivity index (χ0) is 12.8. The average Bonchev–Trinajstić information content (AvgIpc) is 2.14. The van der Waals surface area contributed by atoms with E-state index in [1.54, 1.807) is 14.2 Å². The molecule has 0 saturated heterocycles. The van der Waals surface area contributed by atoms with Gasteiger partial charge in [0.2, 0.25) is 0 Å². The Labute approximate surface area is 99.5 Å². The second-order valence-corrected chi connectivity index (χ2v) is 4.95. The Kier molecular flexibility index (Phi) is 7.15. The van der Waals surface area contributed by atoms with Crippen LogP contribution in [0.5, 0.6) is 0 Å². The van der Waals surface area contributed by atoms with E-state index < -0.39 is 5.60 Å². The van der Waals surface area contributed by atoms with Crippen molar-refractivity contribution in [1.29, 1.82) is 0 Å². The number of aliphatic hydroxyl groups is 1. The SMILES string of the molecule is COCC(O)(COC)CN(C(C)C)C(C)C. The highest BCUT2D eigenvalue weighted by atomic mass is 16.5. The summed E-state index contributed by atoms with van der Waals surface area (Å²) in [6.07, 6.45) is 0. The molecule has 0 heterocycles. The van der Waals surface area contributed by atoms with Gasteiger partial charge < -0.3 is 14.6 Å². The van der Waals surface area contributed by atoms with Crippen LogP contribution in [0.2, 0.25) is 0 Å². The van der Waals surface area contributed by atoms with E-state index in [1.807, 2.05) is 0 Å². The molecule has 16 heavy (non-hydrogen) atoms. The summed E-state index contributed by atoms with van der Waals surface area (Å²) in [6, 6.07) is 0.778. The van der Waals surface area contributed by atoms with Crippen LogP contribution in [0.4, 0.5) is 0 Å². The summed E-state index contributed by atoms with van der Waals surface area (Å²) in [7, 11) is 3.19. The number of ether oxygens (including phenoxy) is 2. The van der Waals surface area contributed by atoms with Gasteiger partial charge in [-0.05, 0) is 27.7 Å². The first-order chi connectivity index (χ1) is 7.36. The van der Waals surface area contributed by atoms with E-state index in [4.69, 9.17) is 9.47 Å². The van der Waals surface area contributed by atoms with Gasteiger partial charge in [0.1, 0.15) is 5.60 Å². The number of methoxy groups -OCH3 is 2. The van der Waals surface area contributed by atoms with Crippen molar-refractivity contribution >= 4 is 0 Å². The number of rotatable bonds is 8. The Morgan fingerprint density at radius 1 is 1.00 bits per heavy atom. The lowest BCUT2D eigenvalue weighted by atomic mass is 10.0. The van der Waals surface area contributed by atoms with Crippen molar-refractivity contribution in [1.82, 2.24) is 4.90 Å². The van der Waals surface area contributed by atoms with Crippen molar-refractivity contribution in [2.75, 3.05) is 34.0 Å². The topological polar surface area (TPSA) is 41.9 Å². The van der Waals surface area contributed by atoms with Gasteiger partial charge in [0, 0.05) is 32.8 Å². The van der Waals surface area contributed by atoms with Crippen molar-refractivity contribution in [3.05, 3.63) is 0 Å². The third kappa shape index (κ3) is 5.25. The molecule has 0 aliphatic heterocycles. The molecule has 0 rings (SSSR count). The van der Waals surface area contributed by atoms with Crippen LogP contribution >= 0.6 is 0 Å². The van der Waals surface area contributed by atoms with Gasteiger partial charge in [-0.1, -0.05) is 0 Å². The molecule has 4 nitrogen and oxygen atoms in total. The summed E-state index contributed by atoms with van der Waals surface area (Å²) in [5, 5.41) is 10.4. The van der Waals surface area contributed by atoms with Crippen LogP contribution in [0.15, 0.2) is 0 Å². The fraction of sp³-hybridized carbons (Fsp3) is 1.00. The largest absolute Gasteiger partial charge is 0.384 e. The minimum Gasteiger partial charge on any atom is -0.384 e. The van der Waals surface area contributed by atoms with Gasteiger partial charge >= 0.3 is 0 Å². The first-order valence-corrected chi connectivity index (χ1v) is 5.82. The quantitative estimate of drug-likeness (QED) is 0.682. The first kappa shape index (κ1) is 15.8. The summed E-state index contributed by atoms with van der Waals surface area (Å²) < 4.78 is 10.1. The number of hydrogen-bond donors (Lipinski definition) is 1. The Balaban J connectivity index is 4.56. The van der Waals surface area contributed by atoms with Crippen molar-refractivity contribution < 1.29 is 14.6 Å². The lowest BCUT2D eigenvalue weighted by molar-refractivity contribution is -0.101. The normalized spacial score (nSPS) is 13.1. The molecule has 0 fully saturated rings. The Hall–Kier alpha value is -0.160. The molecule has 0 aliphatic carbocycles. The molecule has 1 N–H and O–H groups in total. The van der Waals surface area contributed by atoms with Crippen molar-refractivity contribution in [3.8, 4) is 0 Å². The van der Waals surface area contributed by atoms with Gasteiger partial charge in [-0.2, -0.15) is 0 Å². The van der Waals surface area contributed by atoms with Gasteiger partial charge in [-0.15, -0.1) is 0 Å². The van der Waals surface area contributed by atoms with E-state index in [0.717, 1.165) is 0 Å². The fourth-order valence-corrected chi connectivity index (χ4v) is 1.97. The zero-order valence-corrected chi connectivity index (χ0v) is 11.5. The highest BCUT2D eigenvalue weighted by Gasteiger charge is 2.31. The summed E-state index contributed by atoms with van der Waals surface area (Å²) in [5.41, 5.74) is -0.932. The standard InChI is InChI=1S/C12H27NO3/c1-10(2)13(11(3)4)7-12(14,8-15-5)9-16-6/h10-11,14H,7-9H2,1-6H3. The van der Waals surface area contributed by atoms with Crippen LogP contribution in [-0.2, 0) is 9.47 Å². The molecule has 0 aromatic heterocycles. The van der Waals surface area contributed by atoms with E-state index in [9.17, 15) is 5.11 Å². The molecule has 4 heteroatoms. The van der Waals surface area contributed by atoms with Crippen molar-refractivity contribution in [2.45, 2.75) is 45.4 Å². The van der Waals surface area contributed by atoms with Gasteiger partial charge in [0.15, 0.2) is 0 Å². The Morgan fingerprint density at radius 2 is 1.38 bits per heavy atom. The van der Waals surface area contributed by atoms with Crippen LogP contribution < -0.4 is 0 Å². The minimum absolute atomic E-state index is 0.288. The second-order valence-electron chi connectivity index (χ2n) is 4.95. The summed E-state index contributed by atoms with van der Waals surface area (Å²) in [5.74, 6) is 0. The van der Waals surface area contributed by atoms with E-state index >= 15 is 0 Å². The van der Waals surface area contributed by atoms with Crippen LogP contribution in [-0.4, -0.2) is 61.7 Å². The van der Waals surface area contributed by atoms with Crippen LogP contribution in [0, 0.1) is 0 Å². The van der Waals surface area contributed by atoms with Crippen molar-refractivity contribution in [3.63, 3.8) is 0 Å². The molecule has 98 valence electrons. The molecule has 0 saturated carbocycles. The number of hydrogen-bond acceptors (Lipinski definition) is 4.